The number of amides is 1. The van der Waals surface area contributed by atoms with Crippen molar-refractivity contribution in [2.45, 2.75) is 39.3 Å². The van der Waals surface area contributed by atoms with E-state index in [0.717, 1.165) is 30.0 Å². The predicted octanol–water partition coefficient (Wildman–Crippen LogP) is 5.39. The van der Waals surface area contributed by atoms with Crippen LogP contribution in [0, 0.1) is 13.8 Å². The number of piperazine rings is 1. The number of hydrogen-bond acceptors (Lipinski definition) is 3. The number of aryl methyl sites for hydroxylation is 2. The van der Waals surface area contributed by atoms with Crippen LogP contribution in [0.3, 0.4) is 0 Å². The van der Waals surface area contributed by atoms with Crippen LogP contribution < -0.4 is 4.74 Å². The van der Waals surface area contributed by atoms with Gasteiger partial charge in [0.2, 0.25) is 0 Å². The van der Waals surface area contributed by atoms with Crippen LogP contribution in [0.4, 0.5) is 0 Å². The number of ether oxygens (including phenoxy) is 1. The van der Waals surface area contributed by atoms with E-state index in [1.165, 1.54) is 11.1 Å². The minimum Gasteiger partial charge on any atom is -0.480 e. The van der Waals surface area contributed by atoms with E-state index in [-0.39, 0.29) is 11.9 Å². The molecule has 172 valence electrons. The number of rotatable bonds is 7. The lowest BCUT2D eigenvalue weighted by atomic mass is 9.96. The maximum atomic E-state index is 13.3. The van der Waals surface area contributed by atoms with Crippen molar-refractivity contribution in [3.8, 4) is 5.75 Å². The van der Waals surface area contributed by atoms with E-state index in [2.05, 4.69) is 71.6 Å². The maximum absolute atomic E-state index is 13.3. The maximum Gasteiger partial charge on any atom is 0.263 e. The fraction of sp³-hybridized carbons (Fsp3) is 0.345. The molecule has 1 atom stereocenters. The van der Waals surface area contributed by atoms with E-state index < -0.39 is 6.10 Å². The first kappa shape index (κ1) is 23.1. The molecule has 1 aliphatic rings. The lowest BCUT2D eigenvalue weighted by Gasteiger charge is -2.40. The summed E-state index contributed by atoms with van der Waals surface area (Å²) in [7, 11) is 0. The lowest BCUT2D eigenvalue weighted by molar-refractivity contribution is -0.140. The van der Waals surface area contributed by atoms with Gasteiger partial charge in [0, 0.05) is 26.2 Å². The molecule has 0 saturated carbocycles. The molecule has 1 heterocycles. The second kappa shape index (κ2) is 10.7. The average Bonchev–Trinajstić information content (AvgIpc) is 2.86. The third kappa shape index (κ3) is 5.45. The Morgan fingerprint density at radius 3 is 1.97 bits per heavy atom. The molecular formula is C29H34N2O2. The van der Waals surface area contributed by atoms with Gasteiger partial charge in [0.15, 0.2) is 6.10 Å². The van der Waals surface area contributed by atoms with Gasteiger partial charge >= 0.3 is 0 Å². The fourth-order valence-electron chi connectivity index (χ4n) is 4.58. The minimum absolute atomic E-state index is 0.0917. The van der Waals surface area contributed by atoms with Gasteiger partial charge in [-0.25, -0.2) is 0 Å². The first-order chi connectivity index (χ1) is 16.1. The molecule has 4 heteroatoms. The molecular weight excluding hydrogens is 408 g/mol. The molecule has 0 N–H and O–H groups in total. The van der Waals surface area contributed by atoms with Gasteiger partial charge < -0.3 is 9.64 Å². The summed E-state index contributed by atoms with van der Waals surface area (Å²) in [6.45, 7) is 9.18. The topological polar surface area (TPSA) is 32.8 Å². The summed E-state index contributed by atoms with van der Waals surface area (Å²) in [5, 5.41) is 0. The highest BCUT2D eigenvalue weighted by molar-refractivity contribution is 5.81. The summed E-state index contributed by atoms with van der Waals surface area (Å²) in [5.41, 5.74) is 4.77. The van der Waals surface area contributed by atoms with Crippen molar-refractivity contribution in [1.29, 1.82) is 0 Å². The predicted molar refractivity (Wildman–Crippen MR) is 134 cm³/mol. The normalized spacial score (nSPS) is 15.5. The van der Waals surface area contributed by atoms with Crippen molar-refractivity contribution in [2.24, 2.45) is 0 Å². The van der Waals surface area contributed by atoms with Crippen LogP contribution in [0.15, 0.2) is 78.9 Å². The van der Waals surface area contributed by atoms with E-state index in [0.29, 0.717) is 19.5 Å². The molecule has 1 fully saturated rings. The van der Waals surface area contributed by atoms with Crippen LogP contribution in [0.1, 0.15) is 41.6 Å². The highest BCUT2D eigenvalue weighted by Gasteiger charge is 2.31. The zero-order chi connectivity index (χ0) is 23.2. The Morgan fingerprint density at radius 2 is 1.42 bits per heavy atom. The lowest BCUT2D eigenvalue weighted by Crippen LogP contribution is -2.53. The first-order valence-electron chi connectivity index (χ1n) is 11.9. The van der Waals surface area contributed by atoms with E-state index >= 15 is 0 Å². The van der Waals surface area contributed by atoms with Crippen molar-refractivity contribution >= 4 is 5.91 Å². The van der Waals surface area contributed by atoms with Crippen molar-refractivity contribution in [3.05, 3.63) is 101 Å². The Balaban J connectivity index is 1.45. The molecule has 1 aliphatic heterocycles. The van der Waals surface area contributed by atoms with Gasteiger partial charge in [-0.15, -0.1) is 0 Å². The van der Waals surface area contributed by atoms with Gasteiger partial charge in [0.05, 0.1) is 6.04 Å². The van der Waals surface area contributed by atoms with Crippen molar-refractivity contribution < 1.29 is 9.53 Å². The summed E-state index contributed by atoms with van der Waals surface area (Å²) in [6.07, 6.45) is 0.208. The number of hydrogen-bond donors (Lipinski definition) is 0. The Bertz CT molecular complexity index is 1000. The minimum atomic E-state index is -0.448. The van der Waals surface area contributed by atoms with E-state index in [1.807, 2.05) is 37.8 Å². The Morgan fingerprint density at radius 1 is 0.848 bits per heavy atom. The Hall–Kier alpha value is -3.11. The van der Waals surface area contributed by atoms with Gasteiger partial charge in [-0.1, -0.05) is 79.7 Å². The largest absolute Gasteiger partial charge is 0.480 e. The molecule has 0 spiro atoms. The molecule has 3 aromatic carbocycles. The van der Waals surface area contributed by atoms with Crippen molar-refractivity contribution in [1.82, 2.24) is 9.80 Å². The summed E-state index contributed by atoms with van der Waals surface area (Å²) < 4.78 is 6.20. The number of benzene rings is 3. The number of carbonyl (C=O) groups excluding carboxylic acids is 1. The highest BCUT2D eigenvalue weighted by atomic mass is 16.5. The van der Waals surface area contributed by atoms with Crippen LogP contribution in [-0.4, -0.2) is 48.0 Å². The van der Waals surface area contributed by atoms with Crippen LogP contribution in [0.25, 0.3) is 0 Å². The van der Waals surface area contributed by atoms with Gasteiger partial charge in [0.1, 0.15) is 5.75 Å². The second-order valence-electron chi connectivity index (χ2n) is 8.87. The number of carbonyl (C=O) groups is 1. The van der Waals surface area contributed by atoms with E-state index in [9.17, 15) is 4.79 Å². The molecule has 0 aromatic heterocycles. The standard InChI is InChI=1S/C29H34N2O2/c1-4-26(33-27-21-22(2)15-16-23(27)3)29(32)31-19-17-30(18-20-31)28(24-11-7-5-8-12-24)25-13-9-6-10-14-25/h5-16,21,26,28H,4,17-20H2,1-3H3/t26-/m0/s1. The van der Waals surface area contributed by atoms with Crippen molar-refractivity contribution in [2.75, 3.05) is 26.2 Å². The molecule has 1 saturated heterocycles. The first-order valence-corrected chi connectivity index (χ1v) is 11.9. The van der Waals surface area contributed by atoms with E-state index in [1.54, 1.807) is 0 Å². The highest BCUT2D eigenvalue weighted by Crippen LogP contribution is 2.30. The van der Waals surface area contributed by atoms with Crippen LogP contribution >= 0.6 is 0 Å². The number of nitrogens with zero attached hydrogens (tertiary/aromatic N) is 2. The third-order valence-electron chi connectivity index (χ3n) is 6.48. The monoisotopic (exact) mass is 442 g/mol. The Labute approximate surface area is 197 Å². The fourth-order valence-corrected chi connectivity index (χ4v) is 4.58. The third-order valence-corrected chi connectivity index (χ3v) is 6.48. The summed E-state index contributed by atoms with van der Waals surface area (Å²) in [5.74, 6) is 0.899. The Kier molecular flexibility index (Phi) is 7.46. The van der Waals surface area contributed by atoms with Crippen molar-refractivity contribution in [3.63, 3.8) is 0 Å². The summed E-state index contributed by atoms with van der Waals surface area (Å²) in [6, 6.07) is 27.6. The van der Waals surface area contributed by atoms with Gasteiger partial charge in [-0.3, -0.25) is 9.69 Å². The van der Waals surface area contributed by atoms with Gasteiger partial charge in [0.25, 0.3) is 5.91 Å². The molecule has 0 bridgehead atoms. The smallest absolute Gasteiger partial charge is 0.263 e. The SMILES string of the molecule is CC[C@H](Oc1cc(C)ccc1C)C(=O)N1CCN(C(c2ccccc2)c2ccccc2)CC1. The molecule has 0 unspecified atom stereocenters. The van der Waals surface area contributed by atoms with Crippen LogP contribution in [-0.2, 0) is 4.79 Å². The average molecular weight is 443 g/mol. The molecule has 0 radical (unpaired) electrons. The molecule has 4 nitrogen and oxygen atoms in total. The van der Waals surface area contributed by atoms with E-state index in [4.69, 9.17) is 4.74 Å². The van der Waals surface area contributed by atoms with Gasteiger partial charge in [-0.05, 0) is 48.6 Å². The van der Waals surface area contributed by atoms with Crippen LogP contribution in [0.5, 0.6) is 5.75 Å². The molecule has 1 amide bonds. The quantitative estimate of drug-likeness (QED) is 0.491. The van der Waals surface area contributed by atoms with Gasteiger partial charge in [-0.2, -0.15) is 0 Å². The zero-order valence-corrected chi connectivity index (χ0v) is 19.9. The molecule has 0 aliphatic carbocycles. The molecule has 3 aromatic rings. The summed E-state index contributed by atoms with van der Waals surface area (Å²) in [4.78, 5) is 17.8. The second-order valence-corrected chi connectivity index (χ2v) is 8.87. The zero-order valence-electron chi connectivity index (χ0n) is 19.9. The molecule has 4 rings (SSSR count). The van der Waals surface area contributed by atoms with Crippen LogP contribution in [0.2, 0.25) is 0 Å². The molecule has 33 heavy (non-hydrogen) atoms. The summed E-state index contributed by atoms with van der Waals surface area (Å²) >= 11 is 0.